The molecule has 0 saturated carbocycles. The van der Waals surface area contributed by atoms with Gasteiger partial charge in [-0.15, -0.1) is 0 Å². The van der Waals surface area contributed by atoms with E-state index in [1.54, 1.807) is 13.8 Å². The van der Waals surface area contributed by atoms with Crippen LogP contribution in [0.4, 0.5) is 29.5 Å². The fraction of sp³-hybridized carbons (Fsp3) is 0.600. The molecule has 0 amide bonds. The Balaban J connectivity index is 2.44. The molecule has 1 atom stereocenters. The lowest BCUT2D eigenvalue weighted by atomic mass is 9.97. The second-order valence-corrected chi connectivity index (χ2v) is 6.08. The first kappa shape index (κ1) is 19.1. The number of carbonyl (C=O) groups excluding carboxylic acids is 1. The maximum absolute atomic E-state index is 14.1. The number of hydrogen-bond donors (Lipinski definition) is 2. The molecule has 10 heteroatoms. The fourth-order valence-electron chi connectivity index (χ4n) is 2.20. The summed E-state index contributed by atoms with van der Waals surface area (Å²) >= 11 is 0. The van der Waals surface area contributed by atoms with Crippen molar-refractivity contribution in [1.29, 1.82) is 0 Å². The Bertz CT molecular complexity index is 687. The molecule has 0 aromatic carbocycles. The van der Waals surface area contributed by atoms with Crippen molar-refractivity contribution in [3.8, 4) is 0 Å². The maximum Gasteiger partial charge on any atom is 0.408 e. The van der Waals surface area contributed by atoms with Crippen LogP contribution >= 0.6 is 0 Å². The zero-order valence-electron chi connectivity index (χ0n) is 14.0. The number of allylic oxidation sites excluding steroid dienone is 2. The van der Waals surface area contributed by atoms with E-state index in [1.807, 2.05) is 0 Å². The molecule has 1 aromatic heterocycles. The second kappa shape index (κ2) is 7.32. The third-order valence-electron chi connectivity index (χ3n) is 3.50. The lowest BCUT2D eigenvalue weighted by Crippen LogP contribution is -2.34. The molecule has 2 N–H and O–H groups in total. The Labute approximate surface area is 142 Å². The molecule has 0 radical (unpaired) electrons. The summed E-state index contributed by atoms with van der Waals surface area (Å²) in [7, 11) is 0. The van der Waals surface area contributed by atoms with Gasteiger partial charge in [0.05, 0.1) is 0 Å². The summed E-state index contributed by atoms with van der Waals surface area (Å²) in [5.41, 5.74) is -0.00633. The smallest absolute Gasteiger partial charge is 0.352 e. The van der Waals surface area contributed by atoms with Gasteiger partial charge in [-0.3, -0.25) is 4.79 Å². The molecule has 0 fully saturated rings. The van der Waals surface area contributed by atoms with E-state index in [4.69, 9.17) is 0 Å². The summed E-state index contributed by atoms with van der Waals surface area (Å²) in [6, 6.07) is -2.00. The number of anilines is 2. The fourth-order valence-corrected chi connectivity index (χ4v) is 2.20. The number of rotatable bonds is 5. The molecule has 1 aliphatic carbocycles. The summed E-state index contributed by atoms with van der Waals surface area (Å²) in [4.78, 5) is 23.4. The topological polar surface area (TPSA) is 79.8 Å². The largest absolute Gasteiger partial charge is 0.408 e. The van der Waals surface area contributed by atoms with Gasteiger partial charge in [-0.05, 0) is 33.6 Å². The van der Waals surface area contributed by atoms with Crippen LogP contribution in [0, 0.1) is 0 Å². The minimum absolute atomic E-state index is 0.00633. The highest BCUT2D eigenvalue weighted by atomic mass is 19.4. The van der Waals surface area contributed by atoms with Gasteiger partial charge in [0.25, 0.3) is 0 Å². The minimum atomic E-state index is -4.50. The van der Waals surface area contributed by atoms with Gasteiger partial charge in [-0.25, -0.2) is 4.39 Å². The molecule has 25 heavy (non-hydrogen) atoms. The molecule has 1 heterocycles. The number of alkyl halides is 3. The first-order valence-corrected chi connectivity index (χ1v) is 7.86. The summed E-state index contributed by atoms with van der Waals surface area (Å²) in [5, 5.41) is 4.99. The molecular formula is C15H19F4N5O. The van der Waals surface area contributed by atoms with Gasteiger partial charge in [0, 0.05) is 18.0 Å². The van der Waals surface area contributed by atoms with Crippen molar-refractivity contribution in [2.75, 3.05) is 10.6 Å². The van der Waals surface area contributed by atoms with E-state index in [9.17, 15) is 22.4 Å². The minimum Gasteiger partial charge on any atom is -0.352 e. The number of Topliss-reactive ketones (excluding diaryl/α,β-unsaturated/α-hetero) is 1. The zero-order chi connectivity index (χ0) is 18.8. The van der Waals surface area contributed by atoms with Crippen LogP contribution in [0.5, 0.6) is 0 Å². The Morgan fingerprint density at radius 1 is 1.00 bits per heavy atom. The molecule has 1 aromatic rings. The van der Waals surface area contributed by atoms with Gasteiger partial charge >= 0.3 is 6.18 Å². The van der Waals surface area contributed by atoms with E-state index in [0.29, 0.717) is 6.42 Å². The van der Waals surface area contributed by atoms with Gasteiger partial charge in [-0.1, -0.05) is 0 Å². The highest BCUT2D eigenvalue weighted by Crippen LogP contribution is 2.30. The van der Waals surface area contributed by atoms with Crippen molar-refractivity contribution in [2.24, 2.45) is 0 Å². The predicted octanol–water partition coefficient (Wildman–Crippen LogP) is 3.49. The number of nitrogens with one attached hydrogen (secondary N) is 2. The molecule has 6 nitrogen and oxygen atoms in total. The quantitative estimate of drug-likeness (QED) is 0.782. The highest BCUT2D eigenvalue weighted by Gasteiger charge is 2.36. The van der Waals surface area contributed by atoms with Gasteiger partial charge in [-0.2, -0.15) is 28.1 Å². The Kier molecular flexibility index (Phi) is 5.58. The number of halogens is 4. The molecule has 0 saturated heterocycles. The van der Waals surface area contributed by atoms with Crippen molar-refractivity contribution in [2.45, 2.75) is 58.3 Å². The normalized spacial score (nSPS) is 17.0. The second-order valence-electron chi connectivity index (χ2n) is 6.08. The van der Waals surface area contributed by atoms with Gasteiger partial charge in [0.1, 0.15) is 6.04 Å². The summed E-state index contributed by atoms with van der Waals surface area (Å²) in [5.74, 6) is -2.06. The van der Waals surface area contributed by atoms with Gasteiger partial charge in [0.2, 0.25) is 11.9 Å². The SMILES string of the molecule is CC(C)Nc1nc(NC(C)C(F)(F)F)nc(C2=C(F)C(=O)CCC2)n1. The molecule has 1 unspecified atom stereocenters. The molecule has 0 spiro atoms. The first-order chi connectivity index (χ1) is 11.6. The van der Waals surface area contributed by atoms with Crippen LogP contribution < -0.4 is 10.6 Å². The van der Waals surface area contributed by atoms with Crippen LogP contribution in [-0.2, 0) is 4.79 Å². The standard InChI is InChI=1S/C15H19F4N5O/c1-7(2)20-13-22-12(9-5-4-6-10(25)11(9)16)23-14(24-13)21-8(3)15(17,18)19/h7-8H,4-6H2,1-3H3,(H2,20,21,22,23,24). The highest BCUT2D eigenvalue weighted by molar-refractivity contribution is 6.01. The molecule has 138 valence electrons. The van der Waals surface area contributed by atoms with Crippen LogP contribution in [0.15, 0.2) is 5.83 Å². The third-order valence-corrected chi connectivity index (χ3v) is 3.50. The average Bonchev–Trinajstić information content (AvgIpc) is 2.48. The van der Waals surface area contributed by atoms with E-state index in [0.717, 1.165) is 6.92 Å². The Hall–Kier alpha value is -2.26. The molecule has 0 bridgehead atoms. The molecule has 0 aliphatic heterocycles. The lowest BCUT2D eigenvalue weighted by molar-refractivity contribution is -0.138. The summed E-state index contributed by atoms with van der Waals surface area (Å²) in [6.07, 6.45) is -3.74. The van der Waals surface area contributed by atoms with Crippen molar-refractivity contribution in [3.05, 3.63) is 11.7 Å². The van der Waals surface area contributed by atoms with Gasteiger partial charge < -0.3 is 10.6 Å². The maximum atomic E-state index is 14.1. The number of hydrogen-bond acceptors (Lipinski definition) is 6. The Morgan fingerprint density at radius 3 is 2.16 bits per heavy atom. The predicted molar refractivity (Wildman–Crippen MR) is 84.6 cm³/mol. The number of aromatic nitrogens is 3. The van der Waals surface area contributed by atoms with E-state index < -0.39 is 23.8 Å². The average molecular weight is 361 g/mol. The monoisotopic (exact) mass is 361 g/mol. The molecule has 2 rings (SSSR count). The van der Waals surface area contributed by atoms with Crippen LogP contribution in [0.2, 0.25) is 0 Å². The van der Waals surface area contributed by atoms with Crippen LogP contribution in [-0.4, -0.2) is 39.0 Å². The summed E-state index contributed by atoms with van der Waals surface area (Å²) < 4.78 is 52.4. The lowest BCUT2D eigenvalue weighted by Gasteiger charge is -2.19. The summed E-state index contributed by atoms with van der Waals surface area (Å²) in [6.45, 7) is 4.50. The van der Waals surface area contributed by atoms with Crippen molar-refractivity contribution >= 4 is 23.3 Å². The van der Waals surface area contributed by atoms with Gasteiger partial charge in [0.15, 0.2) is 17.4 Å². The number of ketones is 1. The van der Waals surface area contributed by atoms with Crippen LogP contribution in [0.25, 0.3) is 5.57 Å². The van der Waals surface area contributed by atoms with Crippen LogP contribution in [0.1, 0.15) is 45.9 Å². The van der Waals surface area contributed by atoms with Crippen LogP contribution in [0.3, 0.4) is 0 Å². The van der Waals surface area contributed by atoms with E-state index in [-0.39, 0.29) is 42.2 Å². The first-order valence-electron chi connectivity index (χ1n) is 7.86. The third kappa shape index (κ3) is 4.86. The van der Waals surface area contributed by atoms with Crippen molar-refractivity contribution in [3.63, 3.8) is 0 Å². The zero-order valence-corrected chi connectivity index (χ0v) is 14.0. The van der Waals surface area contributed by atoms with Crippen molar-refractivity contribution < 1.29 is 22.4 Å². The van der Waals surface area contributed by atoms with E-state index in [1.165, 1.54) is 0 Å². The van der Waals surface area contributed by atoms with Crippen molar-refractivity contribution in [1.82, 2.24) is 15.0 Å². The number of nitrogens with zero attached hydrogens (tertiary/aromatic N) is 3. The van der Waals surface area contributed by atoms with E-state index in [2.05, 4.69) is 25.6 Å². The van der Waals surface area contributed by atoms with E-state index >= 15 is 0 Å². The molecule has 1 aliphatic rings. The molecular weight excluding hydrogens is 342 g/mol. The number of carbonyl (C=O) groups is 1. The Morgan fingerprint density at radius 2 is 1.60 bits per heavy atom.